The standard InChI is InChI=1S/C18H23BrN2/c1-3-6-14-8-10-15(11-9-14)17(20-12-4-2)18-16(19)7-5-13-21-18/h5,7-11,13,17,20H,3-4,6,12H2,1-2H3. The van der Waals surface area contributed by atoms with Crippen LogP contribution in [0.1, 0.15) is 49.6 Å². The van der Waals surface area contributed by atoms with E-state index in [1.54, 1.807) is 0 Å². The van der Waals surface area contributed by atoms with Crippen molar-refractivity contribution in [2.45, 2.75) is 39.2 Å². The Balaban J connectivity index is 2.29. The van der Waals surface area contributed by atoms with Gasteiger partial charge in [-0.3, -0.25) is 4.98 Å². The summed E-state index contributed by atoms with van der Waals surface area (Å²) >= 11 is 3.62. The molecule has 0 aliphatic rings. The molecule has 0 spiro atoms. The molecule has 0 aliphatic carbocycles. The highest BCUT2D eigenvalue weighted by Gasteiger charge is 2.17. The average Bonchev–Trinajstić information content (AvgIpc) is 2.51. The van der Waals surface area contributed by atoms with Crippen molar-refractivity contribution in [2.24, 2.45) is 0 Å². The van der Waals surface area contributed by atoms with Crippen molar-refractivity contribution in [1.29, 1.82) is 0 Å². The summed E-state index contributed by atoms with van der Waals surface area (Å²) in [6.45, 7) is 5.37. The molecule has 0 saturated carbocycles. The summed E-state index contributed by atoms with van der Waals surface area (Å²) < 4.78 is 1.05. The summed E-state index contributed by atoms with van der Waals surface area (Å²) in [6.07, 6.45) is 5.28. The van der Waals surface area contributed by atoms with Crippen LogP contribution in [-0.4, -0.2) is 11.5 Å². The second-order valence-corrected chi connectivity index (χ2v) is 6.10. The van der Waals surface area contributed by atoms with Crippen LogP contribution < -0.4 is 5.32 Å². The van der Waals surface area contributed by atoms with E-state index in [-0.39, 0.29) is 6.04 Å². The fourth-order valence-electron chi connectivity index (χ4n) is 2.44. The molecule has 1 atom stereocenters. The molecule has 0 radical (unpaired) electrons. The number of aryl methyl sites for hydroxylation is 1. The van der Waals surface area contributed by atoms with Crippen molar-refractivity contribution in [2.75, 3.05) is 6.54 Å². The van der Waals surface area contributed by atoms with Crippen molar-refractivity contribution in [1.82, 2.24) is 10.3 Å². The number of benzene rings is 1. The van der Waals surface area contributed by atoms with Gasteiger partial charge >= 0.3 is 0 Å². The van der Waals surface area contributed by atoms with Gasteiger partial charge in [0.25, 0.3) is 0 Å². The van der Waals surface area contributed by atoms with Gasteiger partial charge < -0.3 is 5.32 Å². The van der Waals surface area contributed by atoms with Crippen LogP contribution in [0.25, 0.3) is 0 Å². The summed E-state index contributed by atoms with van der Waals surface area (Å²) in [6, 6.07) is 13.0. The molecule has 1 heterocycles. The number of hydrogen-bond donors (Lipinski definition) is 1. The quantitative estimate of drug-likeness (QED) is 0.772. The van der Waals surface area contributed by atoms with Gasteiger partial charge in [0.1, 0.15) is 0 Å². The van der Waals surface area contributed by atoms with Crippen LogP contribution in [0.3, 0.4) is 0 Å². The summed E-state index contributed by atoms with van der Waals surface area (Å²) in [5.74, 6) is 0. The number of pyridine rings is 1. The van der Waals surface area contributed by atoms with Crippen molar-refractivity contribution < 1.29 is 0 Å². The molecular weight excluding hydrogens is 324 g/mol. The lowest BCUT2D eigenvalue weighted by Gasteiger charge is -2.20. The number of hydrogen-bond acceptors (Lipinski definition) is 2. The van der Waals surface area contributed by atoms with E-state index >= 15 is 0 Å². The minimum Gasteiger partial charge on any atom is -0.305 e. The summed E-state index contributed by atoms with van der Waals surface area (Å²) in [4.78, 5) is 4.56. The van der Waals surface area contributed by atoms with Gasteiger partial charge in [0, 0.05) is 10.7 Å². The predicted octanol–water partition coefficient (Wildman–Crippen LogP) is 4.89. The van der Waals surface area contributed by atoms with Crippen LogP contribution in [0.15, 0.2) is 47.1 Å². The largest absolute Gasteiger partial charge is 0.305 e. The van der Waals surface area contributed by atoms with Crippen LogP contribution in [0.4, 0.5) is 0 Å². The van der Waals surface area contributed by atoms with E-state index in [0.29, 0.717) is 0 Å². The van der Waals surface area contributed by atoms with Gasteiger partial charge in [-0.05, 0) is 58.6 Å². The Labute approximate surface area is 136 Å². The molecule has 21 heavy (non-hydrogen) atoms. The van der Waals surface area contributed by atoms with Gasteiger partial charge in [-0.2, -0.15) is 0 Å². The van der Waals surface area contributed by atoms with E-state index in [9.17, 15) is 0 Å². The normalized spacial score (nSPS) is 12.3. The maximum atomic E-state index is 4.56. The highest BCUT2D eigenvalue weighted by Crippen LogP contribution is 2.27. The Morgan fingerprint density at radius 3 is 2.48 bits per heavy atom. The molecule has 1 unspecified atom stereocenters. The van der Waals surface area contributed by atoms with E-state index in [4.69, 9.17) is 0 Å². The fraction of sp³-hybridized carbons (Fsp3) is 0.389. The molecule has 0 bridgehead atoms. The topological polar surface area (TPSA) is 24.9 Å². The lowest BCUT2D eigenvalue weighted by molar-refractivity contribution is 0.584. The zero-order chi connectivity index (χ0) is 15.1. The number of halogens is 1. The monoisotopic (exact) mass is 346 g/mol. The number of nitrogens with one attached hydrogen (secondary N) is 1. The molecule has 2 rings (SSSR count). The molecule has 0 saturated heterocycles. The molecule has 1 aromatic heterocycles. The van der Waals surface area contributed by atoms with Crippen molar-refractivity contribution in [3.63, 3.8) is 0 Å². The molecule has 3 heteroatoms. The molecule has 2 aromatic rings. The van der Waals surface area contributed by atoms with E-state index in [1.165, 1.54) is 17.5 Å². The molecule has 1 N–H and O–H groups in total. The third-order valence-electron chi connectivity index (χ3n) is 3.51. The summed E-state index contributed by atoms with van der Waals surface area (Å²) in [5.41, 5.74) is 3.72. The number of aromatic nitrogens is 1. The minimum atomic E-state index is 0.135. The van der Waals surface area contributed by atoms with Gasteiger partial charge in [0.15, 0.2) is 0 Å². The Kier molecular flexibility index (Phi) is 6.40. The highest BCUT2D eigenvalue weighted by molar-refractivity contribution is 9.10. The second kappa shape index (κ2) is 8.30. The van der Waals surface area contributed by atoms with Gasteiger partial charge in [0.05, 0.1) is 11.7 Å². The van der Waals surface area contributed by atoms with Gasteiger partial charge in [-0.1, -0.05) is 44.5 Å². The first-order chi connectivity index (χ1) is 10.3. The van der Waals surface area contributed by atoms with Crippen LogP contribution in [0, 0.1) is 0 Å². The number of rotatable bonds is 7. The first-order valence-corrected chi connectivity index (χ1v) is 8.48. The highest BCUT2D eigenvalue weighted by atomic mass is 79.9. The Bertz CT molecular complexity index is 551. The van der Waals surface area contributed by atoms with Crippen LogP contribution >= 0.6 is 15.9 Å². The first-order valence-electron chi connectivity index (χ1n) is 7.68. The Morgan fingerprint density at radius 1 is 1.10 bits per heavy atom. The molecule has 0 aliphatic heterocycles. The molecule has 1 aromatic carbocycles. The van der Waals surface area contributed by atoms with E-state index in [1.807, 2.05) is 12.3 Å². The van der Waals surface area contributed by atoms with Gasteiger partial charge in [0.2, 0.25) is 0 Å². The van der Waals surface area contributed by atoms with Crippen LogP contribution in [-0.2, 0) is 6.42 Å². The average molecular weight is 347 g/mol. The van der Waals surface area contributed by atoms with Crippen LogP contribution in [0.2, 0.25) is 0 Å². The van der Waals surface area contributed by atoms with E-state index < -0.39 is 0 Å². The lowest BCUT2D eigenvalue weighted by Crippen LogP contribution is -2.24. The van der Waals surface area contributed by atoms with Crippen LogP contribution in [0.5, 0.6) is 0 Å². The van der Waals surface area contributed by atoms with E-state index in [0.717, 1.165) is 29.6 Å². The minimum absolute atomic E-state index is 0.135. The van der Waals surface area contributed by atoms with Crippen molar-refractivity contribution in [3.8, 4) is 0 Å². The smallest absolute Gasteiger partial charge is 0.0762 e. The third kappa shape index (κ3) is 4.39. The van der Waals surface area contributed by atoms with Crippen molar-refractivity contribution in [3.05, 3.63) is 63.9 Å². The second-order valence-electron chi connectivity index (χ2n) is 5.25. The number of nitrogens with zero attached hydrogens (tertiary/aromatic N) is 1. The van der Waals surface area contributed by atoms with Crippen molar-refractivity contribution >= 4 is 15.9 Å². The molecule has 2 nitrogen and oxygen atoms in total. The predicted molar refractivity (Wildman–Crippen MR) is 92.5 cm³/mol. The molecular formula is C18H23BrN2. The SMILES string of the molecule is CCCNC(c1ccc(CCC)cc1)c1ncccc1Br. The Hall–Kier alpha value is -1.19. The summed E-state index contributed by atoms with van der Waals surface area (Å²) in [5, 5.41) is 3.60. The van der Waals surface area contributed by atoms with E-state index in [2.05, 4.69) is 70.4 Å². The maximum absolute atomic E-state index is 4.56. The zero-order valence-electron chi connectivity index (χ0n) is 12.8. The zero-order valence-corrected chi connectivity index (χ0v) is 14.4. The third-order valence-corrected chi connectivity index (χ3v) is 4.18. The maximum Gasteiger partial charge on any atom is 0.0762 e. The van der Waals surface area contributed by atoms with Gasteiger partial charge in [-0.15, -0.1) is 0 Å². The van der Waals surface area contributed by atoms with Gasteiger partial charge in [-0.25, -0.2) is 0 Å². The Morgan fingerprint density at radius 2 is 1.86 bits per heavy atom. The lowest BCUT2D eigenvalue weighted by atomic mass is 10.00. The first kappa shape index (κ1) is 16.2. The fourth-order valence-corrected chi connectivity index (χ4v) is 2.92. The summed E-state index contributed by atoms with van der Waals surface area (Å²) in [7, 11) is 0. The molecule has 0 fully saturated rings. The molecule has 0 amide bonds. The molecule has 112 valence electrons.